The molecule has 0 saturated carbocycles. The van der Waals surface area contributed by atoms with E-state index >= 15 is 0 Å². The van der Waals surface area contributed by atoms with Crippen molar-refractivity contribution in [2.45, 2.75) is 51.9 Å². The van der Waals surface area contributed by atoms with E-state index in [0.29, 0.717) is 51.9 Å². The van der Waals surface area contributed by atoms with Crippen LogP contribution < -0.4 is 18.3 Å². The first kappa shape index (κ1) is 42.3. The Balaban J connectivity index is 1.36. The van der Waals surface area contributed by atoms with Crippen molar-refractivity contribution in [2.24, 2.45) is 0 Å². The lowest BCUT2D eigenvalue weighted by Gasteiger charge is -2.07. The number of aromatic nitrogens is 8. The predicted molar refractivity (Wildman–Crippen MR) is 248 cm³/mol. The summed E-state index contributed by atoms with van der Waals surface area (Å²) in [5.74, 6) is 0. The Morgan fingerprint density at radius 1 is 0.328 bits per heavy atom. The molecule has 64 heavy (non-hydrogen) atoms. The molecule has 322 valence electrons. The van der Waals surface area contributed by atoms with Gasteiger partial charge in [-0.05, 0) is 70.8 Å². The molecule has 6 N–H and O–H groups in total. The number of rotatable bonds is 16. The van der Waals surface area contributed by atoms with E-state index in [1.807, 2.05) is 0 Å². The van der Waals surface area contributed by atoms with Crippen LogP contribution in [0.25, 0.3) is 90.9 Å². The van der Waals surface area contributed by atoms with Gasteiger partial charge in [0.2, 0.25) is 0 Å². The molecule has 0 spiro atoms. The maximum atomic E-state index is 9.51. The van der Waals surface area contributed by atoms with Crippen LogP contribution in [0.3, 0.4) is 0 Å². The first-order valence-electron chi connectivity index (χ1n) is 22.1. The number of aliphatic hydroxyl groups excluding tert-OH is 4. The Bertz CT molecular complexity index is 2580. The summed E-state index contributed by atoms with van der Waals surface area (Å²) in [4.78, 5) is 18.5. The Labute approximate surface area is 371 Å². The Morgan fingerprint density at radius 2 is 0.547 bits per heavy atom. The normalized spacial score (nSPS) is 12.1. The summed E-state index contributed by atoms with van der Waals surface area (Å²) in [5.41, 5.74) is 14.6. The van der Waals surface area contributed by atoms with Gasteiger partial charge >= 0.3 is 0 Å². The fourth-order valence-electron chi connectivity index (χ4n) is 8.53. The highest BCUT2D eigenvalue weighted by atomic mass is 16.3. The third-order valence-corrected chi connectivity index (χ3v) is 11.8. The van der Waals surface area contributed by atoms with Gasteiger partial charge in [0.25, 0.3) is 0 Å². The first-order chi connectivity index (χ1) is 31.5. The fraction of sp³-hybridized carbons (Fsp3) is 0.231. The zero-order valence-electron chi connectivity index (χ0n) is 35.8. The lowest BCUT2D eigenvalue weighted by Crippen LogP contribution is -2.32. The number of aryl methyl sites for hydroxylation is 4. The molecule has 0 fully saturated rings. The van der Waals surface area contributed by atoms with Crippen LogP contribution in [0.15, 0.2) is 122 Å². The highest BCUT2D eigenvalue weighted by molar-refractivity contribution is 5.99. The van der Waals surface area contributed by atoms with E-state index in [4.69, 9.17) is 9.97 Å². The van der Waals surface area contributed by atoms with E-state index in [9.17, 15) is 20.4 Å². The number of pyridine rings is 4. The molecule has 7 aromatic rings. The number of hydrogen-bond donors (Lipinski definition) is 6. The zero-order valence-corrected chi connectivity index (χ0v) is 35.8. The average Bonchev–Trinajstić information content (AvgIpc) is 4.19. The van der Waals surface area contributed by atoms with Gasteiger partial charge in [-0.2, -0.15) is 0 Å². The second-order valence-corrected chi connectivity index (χ2v) is 16.1. The van der Waals surface area contributed by atoms with Gasteiger partial charge in [0.05, 0.1) is 22.8 Å². The molecule has 8 bridgehead atoms. The molecule has 9 rings (SSSR count). The molecule has 0 radical (unpaired) electrons. The monoisotopic (exact) mass is 854 g/mol. The van der Waals surface area contributed by atoms with Crippen LogP contribution in [0.1, 0.15) is 48.5 Å². The third-order valence-electron chi connectivity index (χ3n) is 11.8. The molecule has 12 heteroatoms. The van der Waals surface area contributed by atoms with E-state index in [0.717, 1.165) is 89.4 Å². The van der Waals surface area contributed by atoms with Gasteiger partial charge < -0.3 is 30.4 Å². The van der Waals surface area contributed by atoms with Crippen LogP contribution in [-0.4, -0.2) is 66.8 Å². The van der Waals surface area contributed by atoms with Crippen molar-refractivity contribution >= 4 is 46.4 Å². The van der Waals surface area contributed by atoms with Crippen molar-refractivity contribution in [2.75, 3.05) is 26.4 Å². The van der Waals surface area contributed by atoms with Gasteiger partial charge in [-0.1, -0.05) is 0 Å². The number of nitrogens with zero attached hydrogens (tertiary/aromatic N) is 6. The molecule has 7 aromatic heterocycles. The smallest absolute Gasteiger partial charge is 0.169 e. The standard InChI is InChI=1S/C52H53N8O4/c61-33-1-21-57-25-13-37(14-26-57)49-41-5-7-43(53-41)50(38-15-27-58(28-16-38)22-2-34-62)45-9-11-47(55-45)52(40-19-31-60(32-20-40)24-4-36-64)48-12-10-46(56-48)51(44-8-6-42(49)54-44)39-17-29-59(30-18-39)23-3-35-63/h5-20,25-32,61-64H,1-4,21-24,33-36H2,(H,53,54,55,56)/q+3/p+1. The van der Waals surface area contributed by atoms with Gasteiger partial charge in [0.15, 0.2) is 75.8 Å². The van der Waals surface area contributed by atoms with Crippen molar-refractivity contribution in [3.63, 3.8) is 0 Å². The maximum absolute atomic E-state index is 9.51. The molecule has 0 aromatic carbocycles. The molecule has 2 aliphatic heterocycles. The van der Waals surface area contributed by atoms with E-state index in [2.05, 4.69) is 175 Å². The van der Waals surface area contributed by atoms with Gasteiger partial charge in [0, 0.05) is 145 Å². The van der Waals surface area contributed by atoms with Gasteiger partial charge in [-0.3, -0.25) is 0 Å². The molecule has 0 saturated heterocycles. The molecule has 9 heterocycles. The fourth-order valence-corrected chi connectivity index (χ4v) is 8.53. The second kappa shape index (κ2) is 19.6. The molecule has 0 unspecified atom stereocenters. The first-order valence-corrected chi connectivity index (χ1v) is 22.1. The average molecular weight is 855 g/mol. The summed E-state index contributed by atoms with van der Waals surface area (Å²) in [7, 11) is 0. The summed E-state index contributed by atoms with van der Waals surface area (Å²) < 4.78 is 8.33. The van der Waals surface area contributed by atoms with E-state index < -0.39 is 0 Å². The highest BCUT2D eigenvalue weighted by Gasteiger charge is 2.21. The van der Waals surface area contributed by atoms with Crippen molar-refractivity contribution in [3.8, 4) is 44.5 Å². The molecule has 2 aliphatic rings. The summed E-state index contributed by atoms with van der Waals surface area (Å²) in [5, 5.41) is 38.0. The third kappa shape index (κ3) is 9.08. The number of nitrogens with one attached hydrogen (secondary N) is 2. The van der Waals surface area contributed by atoms with E-state index in [1.165, 1.54) is 0 Å². The number of aromatic amines is 2. The lowest BCUT2D eigenvalue weighted by molar-refractivity contribution is -0.697. The van der Waals surface area contributed by atoms with Crippen molar-refractivity contribution in [3.05, 3.63) is 145 Å². The van der Waals surface area contributed by atoms with Gasteiger partial charge in [-0.25, -0.2) is 28.2 Å². The van der Waals surface area contributed by atoms with Crippen LogP contribution in [0.5, 0.6) is 0 Å². The molecule has 12 nitrogen and oxygen atoms in total. The van der Waals surface area contributed by atoms with Gasteiger partial charge in [0.1, 0.15) is 0 Å². The van der Waals surface area contributed by atoms with E-state index in [1.54, 1.807) is 0 Å². The van der Waals surface area contributed by atoms with Gasteiger partial charge in [-0.15, -0.1) is 0 Å². The highest BCUT2D eigenvalue weighted by Crippen LogP contribution is 2.38. The maximum Gasteiger partial charge on any atom is 0.169 e. The number of H-pyrrole nitrogens is 2. The largest absolute Gasteiger partial charge is 0.396 e. The Kier molecular flexibility index (Phi) is 13.0. The molecule has 0 aliphatic carbocycles. The molecule has 0 atom stereocenters. The predicted octanol–water partition coefficient (Wildman–Crippen LogP) is 6.00. The number of fused-ring (bicyclic) bond motifs is 8. The summed E-state index contributed by atoms with van der Waals surface area (Å²) >= 11 is 0. The lowest BCUT2D eigenvalue weighted by atomic mass is 10.0. The summed E-state index contributed by atoms with van der Waals surface area (Å²) in [6, 6.07) is 25.3. The second-order valence-electron chi connectivity index (χ2n) is 16.1. The number of hydrogen-bond acceptors (Lipinski definition) is 6. The molecule has 0 amide bonds. The minimum atomic E-state index is 0.128. The SMILES string of the molecule is OCCC[n+]1ccc(-c2c3nc(c(-c4cc[n+](CCCO)cc4)c4ccc([nH]4)c(-c4cc[n+](CCCO)cc4)c4nc(c(-c5cc[n+](CCCO)cc5)c5ccc2[nH]5)C=C4)C=C3)cc1. The Morgan fingerprint density at radius 3 is 0.750 bits per heavy atom. The quantitative estimate of drug-likeness (QED) is 0.0656. The molecular formula is C52H54N8O4+4. The minimum absolute atomic E-state index is 0.128. The van der Waals surface area contributed by atoms with Crippen LogP contribution in [-0.2, 0) is 26.2 Å². The minimum Gasteiger partial charge on any atom is -0.396 e. The van der Waals surface area contributed by atoms with Crippen molar-refractivity contribution in [1.29, 1.82) is 0 Å². The van der Waals surface area contributed by atoms with Crippen molar-refractivity contribution in [1.82, 2.24) is 19.9 Å². The zero-order chi connectivity index (χ0) is 43.8. The van der Waals surface area contributed by atoms with Crippen LogP contribution in [0.4, 0.5) is 0 Å². The number of aliphatic hydroxyl groups is 4. The van der Waals surface area contributed by atoms with E-state index in [-0.39, 0.29) is 26.4 Å². The van der Waals surface area contributed by atoms with Crippen molar-refractivity contribution < 1.29 is 38.7 Å². The molecular weight excluding hydrogens is 801 g/mol. The topological polar surface area (TPSA) is 154 Å². The van der Waals surface area contributed by atoms with Crippen LogP contribution in [0.2, 0.25) is 0 Å². The summed E-state index contributed by atoms with van der Waals surface area (Å²) in [6.45, 7) is 3.36. The van der Waals surface area contributed by atoms with Crippen LogP contribution in [0, 0.1) is 0 Å². The Hall–Kier alpha value is -6.96. The van der Waals surface area contributed by atoms with Crippen LogP contribution >= 0.6 is 0 Å². The summed E-state index contributed by atoms with van der Waals surface area (Å²) in [6.07, 6.45) is 27.5.